The third-order valence-corrected chi connectivity index (χ3v) is 7.34. The van der Waals surface area contributed by atoms with Crippen molar-refractivity contribution < 1.29 is 0 Å². The van der Waals surface area contributed by atoms with Crippen molar-refractivity contribution in [3.8, 4) is 0 Å². The van der Waals surface area contributed by atoms with Crippen molar-refractivity contribution in [2.75, 3.05) is 6.54 Å². The second kappa shape index (κ2) is 4.76. The van der Waals surface area contributed by atoms with E-state index in [9.17, 15) is 0 Å². The molecule has 0 amide bonds. The molecule has 0 saturated heterocycles. The van der Waals surface area contributed by atoms with E-state index >= 15 is 0 Å². The van der Waals surface area contributed by atoms with E-state index in [1.54, 1.807) is 38.5 Å². The number of rotatable bonds is 3. The van der Waals surface area contributed by atoms with Crippen LogP contribution in [0, 0.1) is 35.0 Å². The van der Waals surface area contributed by atoms with Gasteiger partial charge in [0.25, 0.3) is 0 Å². The van der Waals surface area contributed by atoms with Crippen molar-refractivity contribution in [2.24, 2.45) is 40.7 Å². The molecule has 5 rings (SSSR count). The summed E-state index contributed by atoms with van der Waals surface area (Å²) in [5.74, 6) is 5.12. The lowest BCUT2D eigenvalue weighted by molar-refractivity contribution is -0.102. The Labute approximate surface area is 118 Å². The maximum Gasteiger partial charge on any atom is -0.00409 e. The van der Waals surface area contributed by atoms with Crippen LogP contribution in [-0.4, -0.2) is 6.54 Å². The molecule has 5 saturated carbocycles. The molecule has 108 valence electrons. The van der Waals surface area contributed by atoms with Crippen LogP contribution in [0.15, 0.2) is 0 Å². The fourth-order valence-corrected chi connectivity index (χ4v) is 7.11. The van der Waals surface area contributed by atoms with Crippen LogP contribution in [0.3, 0.4) is 0 Å². The molecule has 5 aliphatic rings. The monoisotopic (exact) mass is 261 g/mol. The van der Waals surface area contributed by atoms with Crippen LogP contribution in [0.1, 0.15) is 70.6 Å². The van der Waals surface area contributed by atoms with Gasteiger partial charge in [-0.2, -0.15) is 0 Å². The molecular weight excluding hydrogens is 230 g/mol. The highest BCUT2D eigenvalue weighted by Crippen LogP contribution is 2.64. The average molecular weight is 261 g/mol. The number of hydrogen-bond acceptors (Lipinski definition) is 1. The van der Waals surface area contributed by atoms with Crippen LogP contribution in [0.5, 0.6) is 0 Å². The highest BCUT2D eigenvalue weighted by Gasteiger charge is 2.54. The summed E-state index contributed by atoms with van der Waals surface area (Å²) >= 11 is 0. The first-order valence-electron chi connectivity index (χ1n) is 8.99. The van der Waals surface area contributed by atoms with Crippen LogP contribution in [-0.2, 0) is 0 Å². The molecule has 0 heterocycles. The van der Waals surface area contributed by atoms with Gasteiger partial charge in [0, 0.05) is 0 Å². The Bertz CT molecular complexity index is 293. The van der Waals surface area contributed by atoms with Crippen molar-refractivity contribution in [2.45, 2.75) is 70.6 Å². The smallest absolute Gasteiger partial charge is 0.00409 e. The van der Waals surface area contributed by atoms with E-state index in [-0.39, 0.29) is 0 Å². The summed E-state index contributed by atoms with van der Waals surface area (Å²) in [5, 5.41) is 0. The second-order valence-electron chi connectivity index (χ2n) is 8.52. The summed E-state index contributed by atoms with van der Waals surface area (Å²) < 4.78 is 0. The first-order valence-corrected chi connectivity index (χ1v) is 8.99. The fraction of sp³-hybridized carbons (Fsp3) is 1.00. The third kappa shape index (κ3) is 2.07. The molecule has 4 bridgehead atoms. The molecule has 2 N–H and O–H groups in total. The summed E-state index contributed by atoms with van der Waals surface area (Å²) in [4.78, 5) is 0. The largest absolute Gasteiger partial charge is 0.330 e. The maximum atomic E-state index is 6.33. The highest BCUT2D eigenvalue weighted by atomic mass is 14.7. The van der Waals surface area contributed by atoms with Gasteiger partial charge in [0.1, 0.15) is 0 Å². The molecule has 5 fully saturated rings. The summed E-state index contributed by atoms with van der Waals surface area (Å²) in [7, 11) is 0. The minimum absolute atomic E-state index is 0.700. The molecule has 0 radical (unpaired) electrons. The molecular formula is C18H31N. The number of hydrogen-bond donors (Lipinski definition) is 1. The molecule has 0 aromatic heterocycles. The minimum Gasteiger partial charge on any atom is -0.330 e. The van der Waals surface area contributed by atoms with Crippen molar-refractivity contribution >= 4 is 0 Å². The van der Waals surface area contributed by atoms with Crippen LogP contribution in [0.4, 0.5) is 0 Å². The van der Waals surface area contributed by atoms with Gasteiger partial charge in [-0.3, -0.25) is 0 Å². The Kier molecular flexibility index (Phi) is 3.17. The Morgan fingerprint density at radius 1 is 0.842 bits per heavy atom. The van der Waals surface area contributed by atoms with E-state index in [4.69, 9.17) is 5.73 Å². The summed E-state index contributed by atoms with van der Waals surface area (Å²) in [6.45, 7) is 0.983. The van der Waals surface area contributed by atoms with E-state index in [2.05, 4.69) is 0 Å². The zero-order chi connectivity index (χ0) is 12.9. The maximum absolute atomic E-state index is 6.33. The SMILES string of the molecule is NCC(C1CCCCC1)C12CC3CC(CC(C3)C1)C2. The normalized spacial score (nSPS) is 47.5. The molecule has 0 aliphatic heterocycles. The van der Waals surface area contributed by atoms with Gasteiger partial charge in [-0.1, -0.05) is 32.1 Å². The van der Waals surface area contributed by atoms with E-state index < -0.39 is 0 Å². The Morgan fingerprint density at radius 2 is 1.37 bits per heavy atom. The highest BCUT2D eigenvalue weighted by molar-refractivity contribution is 5.05. The van der Waals surface area contributed by atoms with Gasteiger partial charge in [-0.15, -0.1) is 0 Å². The minimum atomic E-state index is 0.700. The standard InChI is InChI=1S/C18H31N/c19-12-17(16-4-2-1-3-5-16)18-9-13-6-14(10-18)8-15(7-13)11-18/h13-17H,1-12,19H2. The van der Waals surface area contributed by atoms with Gasteiger partial charge >= 0.3 is 0 Å². The molecule has 1 atom stereocenters. The van der Waals surface area contributed by atoms with Crippen LogP contribution < -0.4 is 5.73 Å². The van der Waals surface area contributed by atoms with Gasteiger partial charge in [-0.05, 0) is 80.1 Å². The molecule has 5 aliphatic carbocycles. The van der Waals surface area contributed by atoms with Gasteiger partial charge in [0.2, 0.25) is 0 Å². The zero-order valence-corrected chi connectivity index (χ0v) is 12.4. The second-order valence-corrected chi connectivity index (χ2v) is 8.52. The van der Waals surface area contributed by atoms with Gasteiger partial charge in [-0.25, -0.2) is 0 Å². The third-order valence-electron chi connectivity index (χ3n) is 7.34. The van der Waals surface area contributed by atoms with E-state index in [1.165, 1.54) is 32.1 Å². The molecule has 1 nitrogen and oxygen atoms in total. The zero-order valence-electron chi connectivity index (χ0n) is 12.4. The van der Waals surface area contributed by atoms with E-state index in [1.807, 2.05) is 0 Å². The van der Waals surface area contributed by atoms with Gasteiger partial charge < -0.3 is 5.73 Å². The predicted octanol–water partition coefficient (Wildman–Crippen LogP) is 4.36. The quantitative estimate of drug-likeness (QED) is 0.802. The Morgan fingerprint density at radius 3 is 1.84 bits per heavy atom. The first kappa shape index (κ1) is 12.7. The van der Waals surface area contributed by atoms with Crippen molar-refractivity contribution in [3.05, 3.63) is 0 Å². The lowest BCUT2D eigenvalue weighted by Gasteiger charge is -2.61. The molecule has 1 heteroatoms. The summed E-state index contributed by atoms with van der Waals surface area (Å²) in [5.41, 5.74) is 7.02. The van der Waals surface area contributed by atoms with E-state index in [0.717, 1.165) is 36.1 Å². The lowest BCUT2D eigenvalue weighted by atomic mass is 9.45. The summed E-state index contributed by atoms with van der Waals surface area (Å²) in [6, 6.07) is 0. The predicted molar refractivity (Wildman–Crippen MR) is 79.7 cm³/mol. The van der Waals surface area contributed by atoms with Gasteiger partial charge in [0.15, 0.2) is 0 Å². The Balaban J connectivity index is 1.58. The lowest BCUT2D eigenvalue weighted by Crippen LogP contribution is -2.53. The van der Waals surface area contributed by atoms with Crippen LogP contribution >= 0.6 is 0 Å². The topological polar surface area (TPSA) is 26.0 Å². The average Bonchev–Trinajstić information content (AvgIpc) is 2.38. The number of nitrogens with two attached hydrogens (primary N) is 1. The van der Waals surface area contributed by atoms with Crippen LogP contribution in [0.25, 0.3) is 0 Å². The molecule has 1 unspecified atom stereocenters. The summed E-state index contributed by atoms with van der Waals surface area (Å²) in [6.07, 6.45) is 16.8. The molecule has 0 spiro atoms. The van der Waals surface area contributed by atoms with Crippen LogP contribution in [0.2, 0.25) is 0 Å². The molecule has 0 aromatic rings. The van der Waals surface area contributed by atoms with E-state index in [0.29, 0.717) is 5.41 Å². The first-order chi connectivity index (χ1) is 9.29. The fourth-order valence-electron chi connectivity index (χ4n) is 7.11. The van der Waals surface area contributed by atoms with Gasteiger partial charge in [0.05, 0.1) is 0 Å². The van der Waals surface area contributed by atoms with Crippen molar-refractivity contribution in [3.63, 3.8) is 0 Å². The Hall–Kier alpha value is -0.0400. The molecule has 19 heavy (non-hydrogen) atoms. The molecule has 0 aromatic carbocycles. The van der Waals surface area contributed by atoms with Crippen molar-refractivity contribution in [1.82, 2.24) is 0 Å². The van der Waals surface area contributed by atoms with Crippen molar-refractivity contribution in [1.29, 1.82) is 0 Å².